The zero-order chi connectivity index (χ0) is 16.4. The molecular weight excluding hydrogens is 349 g/mol. The molecule has 0 saturated carbocycles. The highest BCUT2D eigenvalue weighted by Crippen LogP contribution is 2.26. The number of hydrogen-bond donors (Lipinski definition) is 1. The van der Waals surface area contributed by atoms with E-state index < -0.39 is 12.5 Å². The van der Waals surface area contributed by atoms with Gasteiger partial charge < -0.3 is 19.7 Å². The summed E-state index contributed by atoms with van der Waals surface area (Å²) in [4.78, 5) is 13.6. The Morgan fingerprint density at radius 3 is 2.62 bits per heavy atom. The number of benzene rings is 1. The van der Waals surface area contributed by atoms with Crippen LogP contribution in [0.1, 0.15) is 5.56 Å². The second-order valence-corrected chi connectivity index (χ2v) is 5.45. The smallest absolute Gasteiger partial charge is 0.445 e. The summed E-state index contributed by atoms with van der Waals surface area (Å²) in [6.45, 7) is 2.01. The number of rotatable bonds is 3. The number of ether oxygens (including phenoxy) is 2. The molecular formula is C15H16ClF3N2O3. The summed E-state index contributed by atoms with van der Waals surface area (Å²) in [6.07, 6.45) is -3.21. The molecule has 1 unspecified atom stereocenters. The average Bonchev–Trinajstić information content (AvgIpc) is 3.05. The van der Waals surface area contributed by atoms with E-state index >= 15 is 0 Å². The molecule has 0 bridgehead atoms. The number of nitrogens with zero attached hydrogens (tertiary/aromatic N) is 1. The maximum absolute atomic E-state index is 12.1. The summed E-state index contributed by atoms with van der Waals surface area (Å²) < 4.78 is 45.2. The van der Waals surface area contributed by atoms with E-state index in [1.165, 1.54) is 29.8 Å². The van der Waals surface area contributed by atoms with Gasteiger partial charge in [0.15, 0.2) is 0 Å². The molecule has 9 heteroatoms. The Morgan fingerprint density at radius 1 is 1.29 bits per heavy atom. The minimum atomic E-state index is -4.72. The first-order valence-corrected chi connectivity index (χ1v) is 7.09. The standard InChI is InChI=1S/C15H15F3N2O3.ClH/c16-15(17,18)23-13-3-1-10(2-4-13)9-22-14(21)20-7-11-5-19-6-12(11)8-20;/h1-5,12,19H,6-9H2;1H. The highest BCUT2D eigenvalue weighted by molar-refractivity contribution is 5.85. The van der Waals surface area contributed by atoms with Crippen molar-refractivity contribution in [3.8, 4) is 5.75 Å². The largest absolute Gasteiger partial charge is 0.573 e. The van der Waals surface area contributed by atoms with E-state index in [0.29, 0.717) is 24.6 Å². The molecule has 3 rings (SSSR count). The molecule has 5 nitrogen and oxygen atoms in total. The van der Waals surface area contributed by atoms with Crippen LogP contribution < -0.4 is 10.1 Å². The van der Waals surface area contributed by atoms with Gasteiger partial charge in [-0.2, -0.15) is 0 Å². The normalized spacial score (nSPS) is 19.0. The Balaban J connectivity index is 0.00000208. The second-order valence-electron chi connectivity index (χ2n) is 5.45. The van der Waals surface area contributed by atoms with Gasteiger partial charge in [-0.3, -0.25) is 0 Å². The van der Waals surface area contributed by atoms with Crippen molar-refractivity contribution in [2.45, 2.75) is 13.0 Å². The molecule has 2 heterocycles. The first kappa shape index (κ1) is 18.3. The third-order valence-electron chi connectivity index (χ3n) is 3.77. The minimum absolute atomic E-state index is 0. The van der Waals surface area contributed by atoms with Crippen molar-refractivity contribution in [2.75, 3.05) is 19.6 Å². The third-order valence-corrected chi connectivity index (χ3v) is 3.77. The van der Waals surface area contributed by atoms with Crippen LogP contribution in [0, 0.1) is 5.92 Å². The van der Waals surface area contributed by atoms with Crippen LogP contribution in [0.25, 0.3) is 0 Å². The van der Waals surface area contributed by atoms with E-state index in [1.54, 1.807) is 4.90 Å². The number of carbonyl (C=O) groups is 1. The first-order valence-electron chi connectivity index (χ1n) is 7.09. The number of alkyl halides is 3. The topological polar surface area (TPSA) is 50.8 Å². The van der Waals surface area contributed by atoms with Gasteiger partial charge in [-0.15, -0.1) is 25.6 Å². The highest BCUT2D eigenvalue weighted by atomic mass is 35.5. The van der Waals surface area contributed by atoms with Crippen molar-refractivity contribution in [3.63, 3.8) is 0 Å². The molecule has 24 heavy (non-hydrogen) atoms. The molecule has 0 radical (unpaired) electrons. The number of fused-ring (bicyclic) bond motifs is 1. The predicted molar refractivity (Wildman–Crippen MR) is 81.7 cm³/mol. The number of nitrogens with one attached hydrogen (secondary N) is 1. The number of carbonyl (C=O) groups excluding carboxylic acids is 1. The van der Waals surface area contributed by atoms with E-state index in [1.807, 2.05) is 6.20 Å². The molecule has 1 saturated heterocycles. The predicted octanol–water partition coefficient (Wildman–Crippen LogP) is 3.06. The average molecular weight is 365 g/mol. The number of hydrogen-bond acceptors (Lipinski definition) is 4. The molecule has 1 amide bonds. The van der Waals surface area contributed by atoms with Crippen LogP contribution in [0.15, 0.2) is 36.0 Å². The summed E-state index contributed by atoms with van der Waals surface area (Å²) in [5, 5.41) is 3.13. The maximum Gasteiger partial charge on any atom is 0.573 e. The summed E-state index contributed by atoms with van der Waals surface area (Å²) in [7, 11) is 0. The Morgan fingerprint density at radius 2 is 2.00 bits per heavy atom. The van der Waals surface area contributed by atoms with Crippen LogP contribution in [0.2, 0.25) is 0 Å². The Kier molecular flexibility index (Phi) is 5.48. The molecule has 1 N–H and O–H groups in total. The van der Waals surface area contributed by atoms with Crippen LogP contribution >= 0.6 is 12.4 Å². The van der Waals surface area contributed by atoms with Gasteiger partial charge in [-0.05, 0) is 29.5 Å². The molecule has 2 aliphatic heterocycles. The fourth-order valence-electron chi connectivity index (χ4n) is 2.65. The number of likely N-dealkylation sites (tertiary alicyclic amines) is 1. The summed E-state index contributed by atoms with van der Waals surface area (Å²) >= 11 is 0. The molecule has 1 aromatic carbocycles. The van der Waals surface area contributed by atoms with Crippen molar-refractivity contribution < 1.29 is 27.4 Å². The van der Waals surface area contributed by atoms with Crippen molar-refractivity contribution in [3.05, 3.63) is 41.6 Å². The zero-order valence-corrected chi connectivity index (χ0v) is 13.3. The van der Waals surface area contributed by atoms with E-state index in [2.05, 4.69) is 10.1 Å². The Bertz CT molecular complexity index is 619. The Hall–Kier alpha value is -2.09. The van der Waals surface area contributed by atoms with E-state index in [9.17, 15) is 18.0 Å². The van der Waals surface area contributed by atoms with Crippen LogP contribution in [0.4, 0.5) is 18.0 Å². The van der Waals surface area contributed by atoms with Gasteiger partial charge >= 0.3 is 12.5 Å². The summed E-state index contributed by atoms with van der Waals surface area (Å²) in [5.41, 5.74) is 1.78. The second kappa shape index (κ2) is 7.21. The van der Waals surface area contributed by atoms with E-state index in [-0.39, 0.29) is 24.8 Å². The van der Waals surface area contributed by atoms with Gasteiger partial charge in [-0.1, -0.05) is 12.1 Å². The van der Waals surface area contributed by atoms with Crippen LogP contribution in [0.5, 0.6) is 5.75 Å². The van der Waals surface area contributed by atoms with Gasteiger partial charge in [0.05, 0.1) is 0 Å². The van der Waals surface area contributed by atoms with Crippen molar-refractivity contribution in [1.82, 2.24) is 10.2 Å². The zero-order valence-electron chi connectivity index (χ0n) is 12.5. The Labute approximate surface area is 142 Å². The van der Waals surface area contributed by atoms with Crippen LogP contribution in [-0.2, 0) is 11.3 Å². The first-order chi connectivity index (χ1) is 10.9. The van der Waals surface area contributed by atoms with Crippen LogP contribution in [-0.4, -0.2) is 37.0 Å². The van der Waals surface area contributed by atoms with Gasteiger partial charge in [0, 0.05) is 25.6 Å². The van der Waals surface area contributed by atoms with Crippen molar-refractivity contribution in [1.29, 1.82) is 0 Å². The highest BCUT2D eigenvalue weighted by Gasteiger charge is 2.33. The molecule has 0 aliphatic carbocycles. The lowest BCUT2D eigenvalue weighted by Gasteiger charge is -2.16. The summed E-state index contributed by atoms with van der Waals surface area (Å²) in [6, 6.07) is 5.24. The molecule has 132 valence electrons. The summed E-state index contributed by atoms with van der Waals surface area (Å²) in [5.74, 6) is 0.0423. The minimum Gasteiger partial charge on any atom is -0.445 e. The van der Waals surface area contributed by atoms with Crippen molar-refractivity contribution in [2.24, 2.45) is 5.92 Å². The van der Waals surface area contributed by atoms with Crippen molar-refractivity contribution >= 4 is 18.5 Å². The van der Waals surface area contributed by atoms with Gasteiger partial charge in [0.25, 0.3) is 0 Å². The maximum atomic E-state index is 12.1. The molecule has 1 aromatic rings. The van der Waals surface area contributed by atoms with Gasteiger partial charge in [-0.25, -0.2) is 4.79 Å². The quantitative estimate of drug-likeness (QED) is 0.895. The number of amides is 1. The van der Waals surface area contributed by atoms with E-state index in [0.717, 1.165) is 6.54 Å². The molecule has 2 aliphatic rings. The fraction of sp³-hybridized carbons (Fsp3) is 0.400. The monoisotopic (exact) mass is 364 g/mol. The fourth-order valence-corrected chi connectivity index (χ4v) is 2.65. The van der Waals surface area contributed by atoms with Gasteiger partial charge in [0.1, 0.15) is 12.4 Å². The van der Waals surface area contributed by atoms with Crippen LogP contribution in [0.3, 0.4) is 0 Å². The lowest BCUT2D eigenvalue weighted by atomic mass is 10.1. The molecule has 0 spiro atoms. The number of halogens is 4. The lowest BCUT2D eigenvalue weighted by Crippen LogP contribution is -2.30. The SMILES string of the molecule is Cl.O=C(OCc1ccc(OC(F)(F)F)cc1)N1CC2=CNCC2C1. The van der Waals surface area contributed by atoms with Gasteiger partial charge in [0.2, 0.25) is 0 Å². The lowest BCUT2D eigenvalue weighted by molar-refractivity contribution is -0.274. The van der Waals surface area contributed by atoms with E-state index in [4.69, 9.17) is 4.74 Å². The molecule has 1 fully saturated rings. The third kappa shape index (κ3) is 4.47. The molecule has 0 aromatic heterocycles. The molecule has 1 atom stereocenters.